The van der Waals surface area contributed by atoms with Crippen LogP contribution in [0.5, 0.6) is 0 Å². The second kappa shape index (κ2) is 13.5. The lowest BCUT2D eigenvalue weighted by molar-refractivity contribution is -0.120. The van der Waals surface area contributed by atoms with E-state index in [-0.39, 0.29) is 30.6 Å². The van der Waals surface area contributed by atoms with Gasteiger partial charge in [0.2, 0.25) is 5.91 Å². The van der Waals surface area contributed by atoms with Crippen molar-refractivity contribution in [2.45, 2.75) is 13.0 Å². The van der Waals surface area contributed by atoms with E-state index in [9.17, 15) is 14.0 Å². The molecule has 4 rings (SSSR count). The van der Waals surface area contributed by atoms with E-state index in [1.165, 1.54) is 18.2 Å². The Balaban J connectivity index is 1.40. The van der Waals surface area contributed by atoms with Gasteiger partial charge in [-0.1, -0.05) is 54.6 Å². The average Bonchev–Trinajstić information content (AvgIpc) is 2.92. The van der Waals surface area contributed by atoms with Gasteiger partial charge in [0.1, 0.15) is 5.82 Å². The van der Waals surface area contributed by atoms with Gasteiger partial charge in [0.15, 0.2) is 0 Å². The molecule has 1 N–H and O–H groups in total. The monoisotopic (exact) mass is 501 g/mol. The van der Waals surface area contributed by atoms with Crippen molar-refractivity contribution in [1.29, 1.82) is 0 Å². The number of nitrogens with zero attached hydrogens (tertiary/aromatic N) is 2. The Kier molecular flexibility index (Phi) is 9.57. The molecule has 1 heterocycles. The minimum atomic E-state index is -0.347. The fraction of sp³-hybridized carbons (Fsp3) is 0.267. The van der Waals surface area contributed by atoms with Crippen molar-refractivity contribution in [2.75, 3.05) is 44.3 Å². The number of anilines is 1. The molecular formula is C30H32FN3O3. The summed E-state index contributed by atoms with van der Waals surface area (Å²) in [6.45, 7) is 4.88. The van der Waals surface area contributed by atoms with E-state index in [0.717, 1.165) is 44.0 Å². The number of morpholine rings is 1. The van der Waals surface area contributed by atoms with Crippen LogP contribution >= 0.6 is 0 Å². The highest BCUT2D eigenvalue weighted by Gasteiger charge is 2.15. The largest absolute Gasteiger partial charge is 0.379 e. The molecule has 192 valence electrons. The number of halogens is 1. The summed E-state index contributed by atoms with van der Waals surface area (Å²) in [4.78, 5) is 29.5. The Hall–Kier alpha value is -3.81. The lowest BCUT2D eigenvalue weighted by Crippen LogP contribution is -2.41. The molecular weight excluding hydrogens is 469 g/mol. The Morgan fingerprint density at radius 1 is 0.946 bits per heavy atom. The smallest absolute Gasteiger partial charge is 0.251 e. The number of ether oxygens (including phenoxy) is 1. The van der Waals surface area contributed by atoms with Gasteiger partial charge in [0.25, 0.3) is 5.91 Å². The van der Waals surface area contributed by atoms with Crippen molar-refractivity contribution in [1.82, 2.24) is 10.2 Å². The summed E-state index contributed by atoms with van der Waals surface area (Å²) in [6, 6.07) is 23.2. The number of hydrogen-bond donors (Lipinski definition) is 1. The van der Waals surface area contributed by atoms with E-state index < -0.39 is 0 Å². The number of carbonyl (C=O) groups is 2. The van der Waals surface area contributed by atoms with Crippen molar-refractivity contribution in [3.05, 3.63) is 107 Å². The van der Waals surface area contributed by atoms with Crippen molar-refractivity contribution >= 4 is 23.6 Å². The number of amides is 2. The van der Waals surface area contributed by atoms with E-state index in [4.69, 9.17) is 4.74 Å². The molecule has 37 heavy (non-hydrogen) atoms. The van der Waals surface area contributed by atoms with E-state index >= 15 is 0 Å². The Bertz CT molecular complexity index is 1190. The predicted molar refractivity (Wildman–Crippen MR) is 143 cm³/mol. The van der Waals surface area contributed by atoms with Crippen LogP contribution in [0, 0.1) is 5.82 Å². The first-order valence-electron chi connectivity index (χ1n) is 12.5. The number of carbonyl (C=O) groups excluding carboxylic acids is 2. The number of hydrogen-bond acceptors (Lipinski definition) is 4. The summed E-state index contributed by atoms with van der Waals surface area (Å²) in [5.41, 5.74) is 3.12. The zero-order chi connectivity index (χ0) is 25.9. The van der Waals surface area contributed by atoms with Crippen molar-refractivity contribution < 1.29 is 18.7 Å². The third-order valence-electron chi connectivity index (χ3n) is 6.18. The normalized spacial score (nSPS) is 14.0. The second-order valence-electron chi connectivity index (χ2n) is 8.95. The van der Waals surface area contributed by atoms with Crippen LogP contribution in [0.25, 0.3) is 6.08 Å². The maximum Gasteiger partial charge on any atom is 0.251 e. The Morgan fingerprint density at radius 2 is 1.70 bits per heavy atom. The van der Waals surface area contributed by atoms with Crippen LogP contribution in [0.3, 0.4) is 0 Å². The first-order valence-corrected chi connectivity index (χ1v) is 12.5. The molecule has 6 nitrogen and oxygen atoms in total. The molecule has 0 unspecified atom stereocenters. The van der Waals surface area contributed by atoms with Crippen LogP contribution < -0.4 is 10.2 Å². The molecule has 1 aliphatic heterocycles. The van der Waals surface area contributed by atoms with Crippen molar-refractivity contribution in [3.8, 4) is 0 Å². The molecule has 0 aliphatic carbocycles. The molecule has 1 aliphatic rings. The van der Waals surface area contributed by atoms with Crippen LogP contribution in [0.4, 0.5) is 10.1 Å². The molecule has 0 aromatic heterocycles. The summed E-state index contributed by atoms with van der Waals surface area (Å²) in [6.07, 6.45) is 3.54. The van der Waals surface area contributed by atoms with Gasteiger partial charge in [0.05, 0.1) is 26.2 Å². The Morgan fingerprint density at radius 3 is 2.43 bits per heavy atom. The van der Waals surface area contributed by atoms with Gasteiger partial charge in [-0.3, -0.25) is 14.5 Å². The minimum absolute atomic E-state index is 0.0421. The highest BCUT2D eigenvalue weighted by molar-refractivity contribution is 6.03. The fourth-order valence-electron chi connectivity index (χ4n) is 4.16. The van der Waals surface area contributed by atoms with Crippen molar-refractivity contribution in [2.24, 2.45) is 0 Å². The van der Waals surface area contributed by atoms with E-state index in [2.05, 4.69) is 10.2 Å². The summed E-state index contributed by atoms with van der Waals surface area (Å²) in [5.74, 6) is -0.610. The van der Waals surface area contributed by atoms with Gasteiger partial charge < -0.3 is 15.0 Å². The van der Waals surface area contributed by atoms with Crippen LogP contribution in [0.1, 0.15) is 16.7 Å². The van der Waals surface area contributed by atoms with Crippen molar-refractivity contribution in [3.63, 3.8) is 0 Å². The second-order valence-corrected chi connectivity index (χ2v) is 8.95. The highest BCUT2D eigenvalue weighted by Crippen LogP contribution is 2.20. The van der Waals surface area contributed by atoms with Gasteiger partial charge in [0, 0.05) is 37.9 Å². The van der Waals surface area contributed by atoms with Gasteiger partial charge in [-0.25, -0.2) is 4.39 Å². The first kappa shape index (κ1) is 26.3. The van der Waals surface area contributed by atoms with Crippen LogP contribution in [-0.2, 0) is 27.3 Å². The molecule has 3 aromatic rings. The zero-order valence-corrected chi connectivity index (χ0v) is 20.8. The third-order valence-corrected chi connectivity index (χ3v) is 6.18. The molecule has 0 bridgehead atoms. The summed E-state index contributed by atoms with van der Waals surface area (Å²) < 4.78 is 19.1. The molecule has 3 aromatic carbocycles. The minimum Gasteiger partial charge on any atom is -0.379 e. The maximum absolute atomic E-state index is 13.8. The van der Waals surface area contributed by atoms with Crippen LogP contribution in [-0.4, -0.2) is 56.1 Å². The van der Waals surface area contributed by atoms with Gasteiger partial charge >= 0.3 is 0 Å². The summed E-state index contributed by atoms with van der Waals surface area (Å²) in [7, 11) is 0. The molecule has 0 radical (unpaired) electrons. The van der Waals surface area contributed by atoms with Gasteiger partial charge in [-0.2, -0.15) is 0 Å². The summed E-state index contributed by atoms with van der Waals surface area (Å²) in [5, 5.41) is 2.97. The first-order chi connectivity index (χ1) is 18.1. The van der Waals surface area contributed by atoms with Crippen LogP contribution in [0.2, 0.25) is 0 Å². The third kappa shape index (κ3) is 8.37. The van der Waals surface area contributed by atoms with E-state index in [1.807, 2.05) is 54.6 Å². The number of rotatable bonds is 10. The highest BCUT2D eigenvalue weighted by atomic mass is 19.1. The topological polar surface area (TPSA) is 61.9 Å². The standard InChI is InChI=1S/C30H32FN3O3/c31-27-8-4-7-26(21-27)23-34(30(36)14-11-24-5-2-1-3-6-24)28-12-9-25(10-13-28)22-29(35)32-15-16-33-17-19-37-20-18-33/h1-14,21H,15-20,22-23H2,(H,32,35). The lowest BCUT2D eigenvalue weighted by Gasteiger charge is -2.26. The average molecular weight is 502 g/mol. The number of benzene rings is 3. The Labute approximate surface area is 217 Å². The SMILES string of the molecule is O=C(Cc1ccc(N(Cc2cccc(F)c2)C(=O)C=Cc2ccccc2)cc1)NCCN1CCOCC1. The van der Waals surface area contributed by atoms with Gasteiger partial charge in [-0.15, -0.1) is 0 Å². The molecule has 2 amide bonds. The molecule has 0 atom stereocenters. The summed E-state index contributed by atoms with van der Waals surface area (Å²) >= 11 is 0. The van der Waals surface area contributed by atoms with E-state index in [1.54, 1.807) is 23.1 Å². The molecule has 1 fully saturated rings. The molecule has 0 spiro atoms. The quantitative estimate of drug-likeness (QED) is 0.426. The molecule has 0 saturated carbocycles. The molecule has 1 saturated heterocycles. The molecule has 7 heteroatoms. The fourth-order valence-corrected chi connectivity index (χ4v) is 4.16. The van der Waals surface area contributed by atoms with E-state index in [0.29, 0.717) is 17.8 Å². The predicted octanol–water partition coefficient (Wildman–Crippen LogP) is 4.06. The lowest BCUT2D eigenvalue weighted by atomic mass is 10.1. The number of nitrogens with one attached hydrogen (secondary N) is 1. The van der Waals surface area contributed by atoms with Gasteiger partial charge in [-0.05, 0) is 47.0 Å². The zero-order valence-electron chi connectivity index (χ0n) is 20.8. The maximum atomic E-state index is 13.8. The van der Waals surface area contributed by atoms with Crippen LogP contribution in [0.15, 0.2) is 84.9 Å².